The van der Waals surface area contributed by atoms with Crippen LogP contribution in [-0.4, -0.2) is 41.5 Å². The molecular formula is C21H26N7O2-. The molecule has 0 spiro atoms. The number of unbranched alkanes of at least 4 members (excludes halogenated alkanes) is 2. The summed E-state index contributed by atoms with van der Waals surface area (Å²) in [5, 5.41) is 8.21. The van der Waals surface area contributed by atoms with Crippen LogP contribution in [0.25, 0.3) is 22.7 Å². The van der Waals surface area contributed by atoms with Gasteiger partial charge < -0.3 is 10.7 Å². The molecule has 4 rings (SSSR count). The fraction of sp³-hybridized carbons (Fsp3) is 0.381. The fourth-order valence-corrected chi connectivity index (χ4v) is 3.22. The van der Waals surface area contributed by atoms with E-state index >= 15 is 0 Å². The largest absolute Gasteiger partial charge is 0.677 e. The van der Waals surface area contributed by atoms with Gasteiger partial charge in [0, 0.05) is 12.1 Å². The molecule has 0 unspecified atom stereocenters. The number of hydrogen-bond donors (Lipinski definition) is 1. The molecule has 158 valence electrons. The standard InChI is InChI=1S/C13H18N7O.C8H8O/c1-2-3-4-7-19-11-10(15-8-16-11)12(21)20-9(5-6-14)17-18-13(19)20;1-7(9)8-5-3-2-4-6-8/h8,14H,2-7H2,1H3,(H,15,16);2-6H,1H3/q-1;. The van der Waals surface area contributed by atoms with Gasteiger partial charge in [-0.05, 0) is 19.8 Å². The second kappa shape index (κ2) is 9.93. The predicted molar refractivity (Wildman–Crippen MR) is 116 cm³/mol. The number of aryl methyl sites for hydroxylation is 1. The number of carbonyl (C=O) groups excluding carboxylic acids is 1. The zero-order valence-electron chi connectivity index (χ0n) is 17.3. The lowest BCUT2D eigenvalue weighted by Gasteiger charge is -2.09. The topological polar surface area (TPSA) is 122 Å². The number of carbonyl (C=O) groups is 1. The molecule has 2 N–H and O–H groups in total. The summed E-state index contributed by atoms with van der Waals surface area (Å²) in [5.74, 6) is 1.17. The number of imidazole rings is 1. The first-order valence-electron chi connectivity index (χ1n) is 10.1. The van der Waals surface area contributed by atoms with Crippen LogP contribution in [0.2, 0.25) is 0 Å². The lowest BCUT2D eigenvalue weighted by molar-refractivity contribution is 0.101. The predicted octanol–water partition coefficient (Wildman–Crippen LogP) is 3.44. The molecule has 0 atom stereocenters. The number of hydrogen-bond acceptors (Lipinski definition) is 5. The molecule has 3 heterocycles. The van der Waals surface area contributed by atoms with E-state index in [1.807, 2.05) is 34.9 Å². The number of nitrogens with one attached hydrogen (secondary N) is 2. The van der Waals surface area contributed by atoms with E-state index in [9.17, 15) is 9.59 Å². The second-order valence-electron chi connectivity index (χ2n) is 6.94. The van der Waals surface area contributed by atoms with Gasteiger partial charge in [0.1, 0.15) is 11.3 Å². The van der Waals surface area contributed by atoms with E-state index < -0.39 is 0 Å². The fourth-order valence-electron chi connectivity index (χ4n) is 3.22. The number of aromatic amines is 1. The normalized spacial score (nSPS) is 10.9. The molecule has 0 radical (unpaired) electrons. The van der Waals surface area contributed by atoms with Crippen LogP contribution in [0.15, 0.2) is 41.5 Å². The third-order valence-corrected chi connectivity index (χ3v) is 4.76. The third kappa shape index (κ3) is 4.46. The number of fused-ring (bicyclic) bond motifs is 2. The van der Waals surface area contributed by atoms with Crippen LogP contribution in [0, 0.1) is 0 Å². The number of aromatic nitrogens is 6. The third-order valence-electron chi connectivity index (χ3n) is 4.76. The van der Waals surface area contributed by atoms with Gasteiger partial charge in [-0.25, -0.2) is 9.38 Å². The summed E-state index contributed by atoms with van der Waals surface area (Å²) in [7, 11) is 0. The number of nitrogens with zero attached hydrogens (tertiary/aromatic N) is 5. The number of Topliss-reactive ketones (excluding diaryl/α,β-unsaturated/α-hetero) is 1. The van der Waals surface area contributed by atoms with Crippen molar-refractivity contribution < 1.29 is 4.79 Å². The summed E-state index contributed by atoms with van der Waals surface area (Å²) < 4.78 is 3.43. The van der Waals surface area contributed by atoms with E-state index in [-0.39, 0.29) is 17.9 Å². The second-order valence-corrected chi connectivity index (χ2v) is 6.94. The molecule has 3 aromatic heterocycles. The van der Waals surface area contributed by atoms with Crippen LogP contribution in [0.4, 0.5) is 0 Å². The van der Waals surface area contributed by atoms with E-state index in [4.69, 9.17) is 5.73 Å². The van der Waals surface area contributed by atoms with Crippen molar-refractivity contribution in [1.82, 2.24) is 29.1 Å². The van der Waals surface area contributed by atoms with Gasteiger partial charge in [0.05, 0.1) is 6.33 Å². The zero-order valence-corrected chi connectivity index (χ0v) is 17.3. The van der Waals surface area contributed by atoms with Crippen molar-refractivity contribution in [3.63, 3.8) is 0 Å². The minimum absolute atomic E-state index is 0.121. The van der Waals surface area contributed by atoms with Crippen molar-refractivity contribution in [1.29, 1.82) is 0 Å². The summed E-state index contributed by atoms with van der Waals surface area (Å²) in [6.45, 7) is 4.64. The molecule has 0 fully saturated rings. The number of benzene rings is 1. The van der Waals surface area contributed by atoms with E-state index in [1.165, 1.54) is 10.7 Å². The lowest BCUT2D eigenvalue weighted by Crippen LogP contribution is -2.21. The van der Waals surface area contributed by atoms with Crippen LogP contribution in [0.5, 0.6) is 0 Å². The Labute approximate surface area is 174 Å². The summed E-state index contributed by atoms with van der Waals surface area (Å²) in [6, 6.07) is 9.23. The van der Waals surface area contributed by atoms with E-state index in [2.05, 4.69) is 27.1 Å². The summed E-state index contributed by atoms with van der Waals surface area (Å²) in [4.78, 5) is 30.3. The summed E-state index contributed by atoms with van der Waals surface area (Å²) in [6.07, 6.45) is 5.16. The van der Waals surface area contributed by atoms with E-state index in [0.717, 1.165) is 31.4 Å². The molecule has 0 saturated carbocycles. The molecule has 9 nitrogen and oxygen atoms in total. The van der Waals surface area contributed by atoms with Gasteiger partial charge in [0.2, 0.25) is 5.78 Å². The van der Waals surface area contributed by atoms with Crippen molar-refractivity contribution in [2.24, 2.45) is 0 Å². The summed E-state index contributed by atoms with van der Waals surface area (Å²) in [5.41, 5.74) is 9.00. The SMILES string of the molecule is CC(=O)c1ccccc1.CCCCCn1c2nc[nH]c2c(=O)n2c(CC[NH-])nnc12. The molecule has 9 heteroatoms. The average Bonchev–Trinajstić information content (AvgIpc) is 3.40. The van der Waals surface area contributed by atoms with Crippen molar-refractivity contribution in [2.75, 3.05) is 6.54 Å². The highest BCUT2D eigenvalue weighted by Crippen LogP contribution is 2.12. The van der Waals surface area contributed by atoms with Gasteiger partial charge in [-0.3, -0.25) is 14.2 Å². The van der Waals surface area contributed by atoms with Gasteiger partial charge in [-0.1, -0.05) is 50.1 Å². The Morgan fingerprint density at radius 3 is 2.57 bits per heavy atom. The van der Waals surface area contributed by atoms with Gasteiger partial charge >= 0.3 is 0 Å². The molecule has 0 aliphatic carbocycles. The number of ketones is 1. The van der Waals surface area contributed by atoms with Crippen molar-refractivity contribution >= 4 is 22.7 Å². The van der Waals surface area contributed by atoms with Crippen LogP contribution < -0.4 is 5.56 Å². The Morgan fingerprint density at radius 2 is 1.93 bits per heavy atom. The molecule has 0 saturated heterocycles. The monoisotopic (exact) mass is 408 g/mol. The quantitative estimate of drug-likeness (QED) is 0.371. The first-order valence-corrected chi connectivity index (χ1v) is 10.1. The lowest BCUT2D eigenvalue weighted by atomic mass is 10.2. The Morgan fingerprint density at radius 1 is 1.17 bits per heavy atom. The van der Waals surface area contributed by atoms with Crippen molar-refractivity contribution in [3.8, 4) is 0 Å². The molecule has 0 aliphatic heterocycles. The highest BCUT2D eigenvalue weighted by molar-refractivity contribution is 5.93. The van der Waals surface area contributed by atoms with Gasteiger partial charge in [0.15, 0.2) is 11.4 Å². The Kier molecular flexibility index (Phi) is 7.08. The van der Waals surface area contributed by atoms with Crippen LogP contribution in [-0.2, 0) is 13.0 Å². The number of rotatable bonds is 7. The molecule has 4 aromatic rings. The average molecular weight is 408 g/mol. The van der Waals surface area contributed by atoms with Gasteiger partial charge in [-0.2, -0.15) is 0 Å². The minimum Gasteiger partial charge on any atom is -0.677 e. The Balaban J connectivity index is 0.000000239. The first-order chi connectivity index (χ1) is 14.6. The smallest absolute Gasteiger partial charge is 0.286 e. The van der Waals surface area contributed by atoms with E-state index in [1.54, 1.807) is 6.92 Å². The number of H-pyrrole nitrogens is 1. The Bertz CT molecular complexity index is 1170. The molecule has 30 heavy (non-hydrogen) atoms. The molecule has 1 aromatic carbocycles. The van der Waals surface area contributed by atoms with E-state index in [0.29, 0.717) is 29.2 Å². The highest BCUT2D eigenvalue weighted by Gasteiger charge is 2.17. The van der Waals surface area contributed by atoms with Gasteiger partial charge in [-0.15, -0.1) is 16.7 Å². The van der Waals surface area contributed by atoms with Gasteiger partial charge in [0.25, 0.3) is 5.56 Å². The van der Waals surface area contributed by atoms with Crippen LogP contribution in [0.3, 0.4) is 0 Å². The minimum atomic E-state index is -0.197. The van der Waals surface area contributed by atoms with Crippen LogP contribution >= 0.6 is 0 Å². The maximum atomic E-state index is 12.5. The molecule has 0 bridgehead atoms. The maximum Gasteiger partial charge on any atom is 0.286 e. The van der Waals surface area contributed by atoms with Crippen LogP contribution in [0.1, 0.15) is 49.3 Å². The molecule has 0 aliphatic rings. The molecule has 0 amide bonds. The molecular weight excluding hydrogens is 382 g/mol. The van der Waals surface area contributed by atoms with Crippen molar-refractivity contribution in [2.45, 2.75) is 46.1 Å². The highest BCUT2D eigenvalue weighted by atomic mass is 16.1. The summed E-state index contributed by atoms with van der Waals surface area (Å²) >= 11 is 0. The van der Waals surface area contributed by atoms with Crippen molar-refractivity contribution in [3.05, 3.63) is 64.1 Å². The first kappa shape index (κ1) is 21.4. The maximum absolute atomic E-state index is 12.5. The zero-order chi connectivity index (χ0) is 21.5. The Hall–Kier alpha value is -3.33.